The predicted molar refractivity (Wildman–Crippen MR) is 70.6 cm³/mol. The number of hydrogen-bond acceptors (Lipinski definition) is 3. The zero-order chi connectivity index (χ0) is 12.3. The Hall–Kier alpha value is -1.68. The second-order valence-electron chi connectivity index (χ2n) is 4.00. The van der Waals surface area contributed by atoms with Crippen LogP contribution in [-0.4, -0.2) is 16.3 Å². The van der Waals surface area contributed by atoms with Crippen LogP contribution in [0.2, 0.25) is 0 Å². The Morgan fingerprint density at radius 3 is 2.71 bits per heavy atom. The molecule has 0 atom stereocenters. The molecular formula is C13H14N2OS. The molecule has 0 aliphatic carbocycles. The summed E-state index contributed by atoms with van der Waals surface area (Å²) in [5, 5.41) is 6.97. The van der Waals surface area contributed by atoms with Crippen molar-refractivity contribution in [3.8, 4) is 17.0 Å². The fraction of sp³-hybridized carbons (Fsp3) is 0.231. The van der Waals surface area contributed by atoms with Gasteiger partial charge in [0.05, 0.1) is 11.8 Å². The van der Waals surface area contributed by atoms with Crippen molar-refractivity contribution in [2.24, 2.45) is 0 Å². The normalized spacial score (nSPS) is 10.5. The van der Waals surface area contributed by atoms with Gasteiger partial charge in [-0.3, -0.25) is 5.10 Å². The third kappa shape index (κ3) is 3.14. The SMILES string of the molecule is CC(C)Oc1cccc(-c2ccc(=S)[nH]n2)c1. The van der Waals surface area contributed by atoms with Crippen molar-refractivity contribution in [1.29, 1.82) is 0 Å². The molecule has 1 aromatic heterocycles. The van der Waals surface area contributed by atoms with Crippen LogP contribution in [0.25, 0.3) is 11.3 Å². The zero-order valence-corrected chi connectivity index (χ0v) is 10.6. The number of H-pyrrole nitrogens is 1. The van der Waals surface area contributed by atoms with Gasteiger partial charge < -0.3 is 4.74 Å². The summed E-state index contributed by atoms with van der Waals surface area (Å²) in [4.78, 5) is 0. The maximum atomic E-state index is 5.64. The lowest BCUT2D eigenvalue weighted by atomic mass is 10.1. The minimum Gasteiger partial charge on any atom is -0.491 e. The first kappa shape index (κ1) is 11.8. The van der Waals surface area contributed by atoms with Crippen LogP contribution in [0, 0.1) is 4.64 Å². The van der Waals surface area contributed by atoms with Gasteiger partial charge in [0.15, 0.2) is 0 Å². The van der Waals surface area contributed by atoms with Gasteiger partial charge >= 0.3 is 0 Å². The molecule has 0 spiro atoms. The van der Waals surface area contributed by atoms with E-state index >= 15 is 0 Å². The topological polar surface area (TPSA) is 37.9 Å². The van der Waals surface area contributed by atoms with Crippen molar-refractivity contribution in [1.82, 2.24) is 10.2 Å². The summed E-state index contributed by atoms with van der Waals surface area (Å²) in [7, 11) is 0. The van der Waals surface area contributed by atoms with E-state index in [2.05, 4.69) is 10.2 Å². The fourth-order valence-electron chi connectivity index (χ4n) is 1.51. The van der Waals surface area contributed by atoms with Crippen molar-refractivity contribution >= 4 is 12.2 Å². The minimum absolute atomic E-state index is 0.166. The van der Waals surface area contributed by atoms with Gasteiger partial charge in [0.25, 0.3) is 0 Å². The van der Waals surface area contributed by atoms with Crippen LogP contribution < -0.4 is 4.74 Å². The fourth-order valence-corrected chi connectivity index (χ4v) is 1.62. The van der Waals surface area contributed by atoms with Gasteiger partial charge in [-0.25, -0.2) is 0 Å². The third-order valence-electron chi connectivity index (χ3n) is 2.18. The molecule has 4 heteroatoms. The quantitative estimate of drug-likeness (QED) is 0.841. The van der Waals surface area contributed by atoms with Crippen molar-refractivity contribution in [2.75, 3.05) is 0 Å². The first-order valence-electron chi connectivity index (χ1n) is 5.48. The third-order valence-corrected chi connectivity index (χ3v) is 2.41. The van der Waals surface area contributed by atoms with Crippen molar-refractivity contribution in [2.45, 2.75) is 20.0 Å². The number of aromatic amines is 1. The van der Waals surface area contributed by atoms with Crippen molar-refractivity contribution in [3.63, 3.8) is 0 Å². The molecule has 0 aliphatic heterocycles. The van der Waals surface area contributed by atoms with Crippen LogP contribution in [-0.2, 0) is 0 Å². The molecule has 88 valence electrons. The van der Waals surface area contributed by atoms with Gasteiger partial charge in [-0.15, -0.1) is 0 Å². The van der Waals surface area contributed by atoms with Crippen LogP contribution in [0.3, 0.4) is 0 Å². The van der Waals surface area contributed by atoms with Crippen LogP contribution >= 0.6 is 12.2 Å². The Morgan fingerprint density at radius 2 is 2.06 bits per heavy atom. The average Bonchev–Trinajstić information content (AvgIpc) is 2.29. The Bertz CT molecular complexity index is 543. The lowest BCUT2D eigenvalue weighted by Crippen LogP contribution is -2.05. The number of nitrogens with one attached hydrogen (secondary N) is 1. The number of nitrogens with zero attached hydrogens (tertiary/aromatic N) is 1. The van der Waals surface area contributed by atoms with E-state index in [1.165, 1.54) is 0 Å². The van der Waals surface area contributed by atoms with Gasteiger partial charge in [-0.1, -0.05) is 24.4 Å². The Labute approximate surface area is 105 Å². The molecule has 3 nitrogen and oxygen atoms in total. The first-order chi connectivity index (χ1) is 8.15. The van der Waals surface area contributed by atoms with Gasteiger partial charge in [0.1, 0.15) is 10.4 Å². The Morgan fingerprint density at radius 1 is 1.24 bits per heavy atom. The van der Waals surface area contributed by atoms with Crippen molar-refractivity contribution in [3.05, 3.63) is 41.0 Å². The average molecular weight is 246 g/mol. The van der Waals surface area contributed by atoms with Gasteiger partial charge in [-0.05, 0) is 38.1 Å². The summed E-state index contributed by atoms with van der Waals surface area (Å²) < 4.78 is 6.27. The molecule has 2 aromatic rings. The Balaban J connectivity index is 2.32. The molecule has 2 rings (SSSR count). The molecule has 0 saturated carbocycles. The summed E-state index contributed by atoms with van der Waals surface area (Å²) in [5.41, 5.74) is 1.86. The summed E-state index contributed by atoms with van der Waals surface area (Å²) >= 11 is 4.96. The van der Waals surface area contributed by atoms with Crippen LogP contribution in [0.5, 0.6) is 5.75 Å². The highest BCUT2D eigenvalue weighted by atomic mass is 32.1. The zero-order valence-electron chi connectivity index (χ0n) is 9.81. The number of benzene rings is 1. The Kier molecular flexibility index (Phi) is 3.54. The molecule has 1 heterocycles. The van der Waals surface area contributed by atoms with Crippen molar-refractivity contribution < 1.29 is 4.74 Å². The number of rotatable bonds is 3. The standard InChI is InChI=1S/C13H14N2OS/c1-9(2)16-11-5-3-4-10(8-11)12-6-7-13(17)15-14-12/h3-9H,1-2H3,(H,15,17). The number of hydrogen-bond donors (Lipinski definition) is 1. The largest absolute Gasteiger partial charge is 0.491 e. The lowest BCUT2D eigenvalue weighted by Gasteiger charge is -2.10. The monoisotopic (exact) mass is 246 g/mol. The van der Waals surface area contributed by atoms with E-state index in [9.17, 15) is 0 Å². The highest BCUT2D eigenvalue weighted by molar-refractivity contribution is 7.71. The van der Waals surface area contributed by atoms with E-state index in [-0.39, 0.29) is 6.10 Å². The number of ether oxygens (including phenoxy) is 1. The van der Waals surface area contributed by atoms with E-state index in [0.717, 1.165) is 17.0 Å². The molecule has 17 heavy (non-hydrogen) atoms. The van der Waals surface area contributed by atoms with Crippen LogP contribution in [0.4, 0.5) is 0 Å². The predicted octanol–water partition coefficient (Wildman–Crippen LogP) is 3.59. The summed E-state index contributed by atoms with van der Waals surface area (Å²) in [6.07, 6.45) is 0.166. The molecule has 0 aliphatic rings. The smallest absolute Gasteiger partial charge is 0.120 e. The molecule has 0 fully saturated rings. The second-order valence-corrected chi connectivity index (χ2v) is 4.44. The molecule has 1 aromatic carbocycles. The minimum atomic E-state index is 0.166. The van der Waals surface area contributed by atoms with Crippen LogP contribution in [0.1, 0.15) is 13.8 Å². The summed E-state index contributed by atoms with van der Waals surface area (Å²) in [6, 6.07) is 11.6. The highest BCUT2D eigenvalue weighted by Crippen LogP contribution is 2.22. The van der Waals surface area contributed by atoms with Gasteiger partial charge in [0, 0.05) is 5.56 Å². The molecule has 1 N–H and O–H groups in total. The van der Waals surface area contributed by atoms with E-state index in [1.807, 2.05) is 50.2 Å². The summed E-state index contributed by atoms with van der Waals surface area (Å²) in [5.74, 6) is 0.849. The lowest BCUT2D eigenvalue weighted by molar-refractivity contribution is 0.242. The van der Waals surface area contributed by atoms with Gasteiger partial charge in [0.2, 0.25) is 0 Å². The molecule has 0 saturated heterocycles. The molecular weight excluding hydrogens is 232 g/mol. The maximum absolute atomic E-state index is 5.64. The molecule has 0 radical (unpaired) electrons. The number of aromatic nitrogens is 2. The van der Waals surface area contributed by atoms with Gasteiger partial charge in [-0.2, -0.15) is 5.10 Å². The first-order valence-corrected chi connectivity index (χ1v) is 5.89. The molecule has 0 unspecified atom stereocenters. The highest BCUT2D eigenvalue weighted by Gasteiger charge is 2.02. The van der Waals surface area contributed by atoms with E-state index in [4.69, 9.17) is 17.0 Å². The van der Waals surface area contributed by atoms with E-state index in [0.29, 0.717) is 4.64 Å². The molecule has 0 bridgehead atoms. The van der Waals surface area contributed by atoms with E-state index < -0.39 is 0 Å². The van der Waals surface area contributed by atoms with E-state index in [1.54, 1.807) is 0 Å². The van der Waals surface area contributed by atoms with Crippen LogP contribution in [0.15, 0.2) is 36.4 Å². The summed E-state index contributed by atoms with van der Waals surface area (Å²) in [6.45, 7) is 4.01. The maximum Gasteiger partial charge on any atom is 0.120 e. The molecule has 0 amide bonds. The second kappa shape index (κ2) is 5.10.